The van der Waals surface area contributed by atoms with Crippen molar-refractivity contribution in [1.82, 2.24) is 0 Å². The molecule has 1 heterocycles. The van der Waals surface area contributed by atoms with E-state index in [1.807, 2.05) is 0 Å². The van der Waals surface area contributed by atoms with Gasteiger partial charge in [0.15, 0.2) is 0 Å². The van der Waals surface area contributed by atoms with E-state index in [2.05, 4.69) is 13.8 Å². The fraction of sp³-hybridized carbons (Fsp3) is 0.909. The van der Waals surface area contributed by atoms with Crippen LogP contribution in [0.3, 0.4) is 0 Å². The Hall–Kier alpha value is -0.570. The van der Waals surface area contributed by atoms with Crippen LogP contribution in [-0.2, 0) is 9.53 Å². The monoisotopic (exact) mass is 200 g/mol. The van der Waals surface area contributed by atoms with E-state index < -0.39 is 5.97 Å². The SMILES string of the molecule is CC(C)CC1(CC(=O)O)CCCOC1. The van der Waals surface area contributed by atoms with Crippen LogP contribution in [0.5, 0.6) is 0 Å². The highest BCUT2D eigenvalue weighted by Gasteiger charge is 2.35. The van der Waals surface area contributed by atoms with E-state index in [1.54, 1.807) is 0 Å². The van der Waals surface area contributed by atoms with Crippen molar-refractivity contribution < 1.29 is 14.6 Å². The molecule has 0 aromatic rings. The maximum Gasteiger partial charge on any atom is 0.303 e. The molecule has 0 aliphatic carbocycles. The standard InChI is InChI=1S/C11H20O3/c1-9(2)6-11(7-10(12)13)4-3-5-14-8-11/h9H,3-8H2,1-2H3,(H,12,13). The molecule has 1 fully saturated rings. The molecule has 1 unspecified atom stereocenters. The van der Waals surface area contributed by atoms with E-state index in [-0.39, 0.29) is 11.8 Å². The molecule has 3 heteroatoms. The van der Waals surface area contributed by atoms with Crippen molar-refractivity contribution in [2.45, 2.75) is 39.5 Å². The number of hydrogen-bond donors (Lipinski definition) is 1. The zero-order valence-electron chi connectivity index (χ0n) is 9.08. The second-order valence-electron chi connectivity index (χ2n) is 4.82. The fourth-order valence-electron chi connectivity index (χ4n) is 2.47. The molecule has 0 bridgehead atoms. The summed E-state index contributed by atoms with van der Waals surface area (Å²) < 4.78 is 5.42. The Kier molecular flexibility index (Phi) is 3.93. The van der Waals surface area contributed by atoms with Crippen molar-refractivity contribution in [1.29, 1.82) is 0 Å². The highest BCUT2D eigenvalue weighted by Crippen LogP contribution is 2.38. The van der Waals surface area contributed by atoms with Gasteiger partial charge in [0.05, 0.1) is 13.0 Å². The predicted molar refractivity (Wildman–Crippen MR) is 54.2 cm³/mol. The lowest BCUT2D eigenvalue weighted by Gasteiger charge is -2.37. The molecule has 14 heavy (non-hydrogen) atoms. The first kappa shape index (κ1) is 11.5. The predicted octanol–water partition coefficient (Wildman–Crippen LogP) is 2.30. The summed E-state index contributed by atoms with van der Waals surface area (Å²) in [5.74, 6) is -0.160. The Labute approximate surface area is 85.5 Å². The van der Waals surface area contributed by atoms with E-state index in [0.29, 0.717) is 12.5 Å². The zero-order valence-corrected chi connectivity index (χ0v) is 9.08. The number of carboxylic acids is 1. The lowest BCUT2D eigenvalue weighted by Crippen LogP contribution is -2.35. The van der Waals surface area contributed by atoms with Gasteiger partial charge in [-0.1, -0.05) is 13.8 Å². The quantitative estimate of drug-likeness (QED) is 0.757. The second-order valence-corrected chi connectivity index (χ2v) is 4.82. The minimum atomic E-state index is -0.698. The molecule has 0 radical (unpaired) electrons. The van der Waals surface area contributed by atoms with Crippen LogP contribution in [0.2, 0.25) is 0 Å². The van der Waals surface area contributed by atoms with Crippen LogP contribution in [-0.4, -0.2) is 24.3 Å². The molecule has 0 aromatic carbocycles. The summed E-state index contributed by atoms with van der Waals surface area (Å²) in [5, 5.41) is 8.89. The van der Waals surface area contributed by atoms with Gasteiger partial charge in [0.25, 0.3) is 0 Å². The van der Waals surface area contributed by atoms with Crippen molar-refractivity contribution in [3.05, 3.63) is 0 Å². The molecule has 3 nitrogen and oxygen atoms in total. The first-order valence-electron chi connectivity index (χ1n) is 5.34. The normalized spacial score (nSPS) is 27.9. The summed E-state index contributed by atoms with van der Waals surface area (Å²) in [4.78, 5) is 10.8. The highest BCUT2D eigenvalue weighted by molar-refractivity contribution is 5.67. The summed E-state index contributed by atoms with van der Waals surface area (Å²) in [5.41, 5.74) is -0.0990. The third-order valence-corrected chi connectivity index (χ3v) is 2.77. The first-order valence-corrected chi connectivity index (χ1v) is 5.34. The van der Waals surface area contributed by atoms with Gasteiger partial charge >= 0.3 is 5.97 Å². The van der Waals surface area contributed by atoms with Gasteiger partial charge in [-0.25, -0.2) is 0 Å². The molecule has 82 valence electrons. The molecule has 1 aliphatic rings. The molecule has 0 amide bonds. The van der Waals surface area contributed by atoms with Gasteiger partial charge in [-0.2, -0.15) is 0 Å². The van der Waals surface area contributed by atoms with E-state index in [1.165, 1.54) is 0 Å². The molecule has 1 rings (SSSR count). The van der Waals surface area contributed by atoms with E-state index in [0.717, 1.165) is 25.9 Å². The zero-order chi connectivity index (χ0) is 10.6. The van der Waals surface area contributed by atoms with Crippen LogP contribution in [0.4, 0.5) is 0 Å². The van der Waals surface area contributed by atoms with Crippen LogP contribution >= 0.6 is 0 Å². The lowest BCUT2D eigenvalue weighted by molar-refractivity contribution is -0.143. The third kappa shape index (κ3) is 3.29. The minimum Gasteiger partial charge on any atom is -0.481 e. The van der Waals surface area contributed by atoms with Crippen LogP contribution in [0.15, 0.2) is 0 Å². The molecule has 1 N–H and O–H groups in total. The molecule has 0 aromatic heterocycles. The number of ether oxygens (including phenoxy) is 1. The summed E-state index contributed by atoms with van der Waals surface area (Å²) in [7, 11) is 0. The van der Waals surface area contributed by atoms with E-state index in [4.69, 9.17) is 9.84 Å². The van der Waals surface area contributed by atoms with Gasteiger partial charge in [-0.05, 0) is 25.2 Å². The van der Waals surface area contributed by atoms with E-state index >= 15 is 0 Å². The van der Waals surface area contributed by atoms with Crippen molar-refractivity contribution in [2.75, 3.05) is 13.2 Å². The van der Waals surface area contributed by atoms with Gasteiger partial charge in [-0.15, -0.1) is 0 Å². The van der Waals surface area contributed by atoms with E-state index in [9.17, 15) is 4.79 Å². The second kappa shape index (κ2) is 4.78. The Morgan fingerprint density at radius 2 is 2.29 bits per heavy atom. The Morgan fingerprint density at radius 1 is 1.57 bits per heavy atom. The molecule has 1 atom stereocenters. The van der Waals surface area contributed by atoms with Gasteiger partial charge < -0.3 is 9.84 Å². The van der Waals surface area contributed by atoms with Gasteiger partial charge in [0.1, 0.15) is 0 Å². The van der Waals surface area contributed by atoms with Crippen molar-refractivity contribution in [2.24, 2.45) is 11.3 Å². The topological polar surface area (TPSA) is 46.5 Å². The maximum atomic E-state index is 10.8. The summed E-state index contributed by atoms with van der Waals surface area (Å²) >= 11 is 0. The summed E-state index contributed by atoms with van der Waals surface area (Å²) in [6, 6.07) is 0. The number of carbonyl (C=O) groups is 1. The lowest BCUT2D eigenvalue weighted by atomic mass is 9.73. The van der Waals surface area contributed by atoms with Gasteiger partial charge in [0.2, 0.25) is 0 Å². The molecular weight excluding hydrogens is 180 g/mol. The first-order chi connectivity index (χ1) is 6.54. The van der Waals surface area contributed by atoms with Crippen LogP contribution < -0.4 is 0 Å². The average Bonchev–Trinajstić information content (AvgIpc) is 2.01. The van der Waals surface area contributed by atoms with Gasteiger partial charge in [-0.3, -0.25) is 4.79 Å². The Bertz CT molecular complexity index is 193. The molecular formula is C11H20O3. The average molecular weight is 200 g/mol. The number of aliphatic carboxylic acids is 1. The fourth-order valence-corrected chi connectivity index (χ4v) is 2.47. The van der Waals surface area contributed by atoms with Crippen molar-refractivity contribution >= 4 is 5.97 Å². The maximum absolute atomic E-state index is 10.8. The Morgan fingerprint density at radius 3 is 2.71 bits per heavy atom. The molecule has 1 aliphatic heterocycles. The van der Waals surface area contributed by atoms with Crippen molar-refractivity contribution in [3.8, 4) is 0 Å². The number of carboxylic acid groups (broad SMARTS) is 1. The molecule has 1 saturated heterocycles. The largest absolute Gasteiger partial charge is 0.481 e. The van der Waals surface area contributed by atoms with Crippen molar-refractivity contribution in [3.63, 3.8) is 0 Å². The molecule has 0 saturated carbocycles. The van der Waals surface area contributed by atoms with Crippen LogP contribution in [0.25, 0.3) is 0 Å². The van der Waals surface area contributed by atoms with Crippen LogP contribution in [0, 0.1) is 11.3 Å². The summed E-state index contributed by atoms with van der Waals surface area (Å²) in [6.07, 6.45) is 3.21. The summed E-state index contributed by atoms with van der Waals surface area (Å²) in [6.45, 7) is 5.69. The number of rotatable bonds is 4. The highest BCUT2D eigenvalue weighted by atomic mass is 16.5. The third-order valence-electron chi connectivity index (χ3n) is 2.77. The Balaban J connectivity index is 2.61. The van der Waals surface area contributed by atoms with Gasteiger partial charge in [0, 0.05) is 12.0 Å². The minimum absolute atomic E-state index is 0.0990. The van der Waals surface area contributed by atoms with Crippen LogP contribution in [0.1, 0.15) is 39.5 Å². The number of hydrogen-bond acceptors (Lipinski definition) is 2. The molecule has 0 spiro atoms. The smallest absolute Gasteiger partial charge is 0.303 e.